The van der Waals surface area contributed by atoms with Crippen LogP contribution in [0.15, 0.2) is 58.5 Å². The molecule has 2 aromatic carbocycles. The summed E-state index contributed by atoms with van der Waals surface area (Å²) in [5.74, 6) is 0.433. The predicted molar refractivity (Wildman–Crippen MR) is 81.1 cm³/mol. The molecule has 5 heteroatoms. The fraction of sp³-hybridized carbons (Fsp3) is 0.125. The third-order valence-electron chi connectivity index (χ3n) is 2.69. The Labute approximate surface area is 134 Å². The molecule has 1 radical (unpaired) electrons. The Hall–Kier alpha value is -2.11. The van der Waals surface area contributed by atoms with E-state index in [0.717, 1.165) is 0 Å². The second-order valence-electron chi connectivity index (χ2n) is 4.19. The molecule has 0 unspecified atom stereocenters. The molecule has 21 heavy (non-hydrogen) atoms. The largest absolute Gasteiger partial charge is 0.507 e. The maximum atomic E-state index is 9.54. The molecule has 111 valence electrons. The van der Waals surface area contributed by atoms with Gasteiger partial charge in [0.05, 0.1) is 13.1 Å². The van der Waals surface area contributed by atoms with Crippen LogP contribution in [-0.2, 0) is 16.8 Å². The van der Waals surface area contributed by atoms with Crippen molar-refractivity contribution < 1.29 is 27.0 Å². The zero-order chi connectivity index (χ0) is 14.2. The average Bonchev–Trinajstić information content (AvgIpc) is 2.46. The van der Waals surface area contributed by atoms with Crippen molar-refractivity contribution in [2.45, 2.75) is 0 Å². The van der Waals surface area contributed by atoms with E-state index in [-0.39, 0.29) is 28.3 Å². The third kappa shape index (κ3) is 5.41. The Balaban J connectivity index is 0.00000220. The number of aromatic hydroxyl groups is 2. The molecule has 0 heterocycles. The maximum Gasteiger partial charge on any atom is 0.124 e. The van der Waals surface area contributed by atoms with Crippen LogP contribution in [0.4, 0.5) is 0 Å². The minimum atomic E-state index is 0. The van der Waals surface area contributed by atoms with Gasteiger partial charge >= 0.3 is 0 Å². The number of hydrogen-bond donors (Lipinski definition) is 2. The molecule has 0 aliphatic rings. The van der Waals surface area contributed by atoms with Crippen LogP contribution >= 0.6 is 0 Å². The van der Waals surface area contributed by atoms with Gasteiger partial charge in [-0.15, -0.1) is 0 Å². The van der Waals surface area contributed by atoms with Crippen LogP contribution in [0.5, 0.6) is 11.5 Å². The summed E-state index contributed by atoms with van der Waals surface area (Å²) in [5, 5.41) is 19.1. The predicted octanol–water partition coefficient (Wildman–Crippen LogP) is 2.63. The second kappa shape index (κ2) is 8.94. The van der Waals surface area contributed by atoms with Crippen LogP contribution in [-0.4, -0.2) is 35.7 Å². The minimum absolute atomic E-state index is 0. The van der Waals surface area contributed by atoms with E-state index in [0.29, 0.717) is 24.2 Å². The fourth-order valence-electron chi connectivity index (χ4n) is 1.63. The number of phenolic OH excluding ortho intramolecular Hbond substituents is 2. The van der Waals surface area contributed by atoms with Crippen LogP contribution in [0.3, 0.4) is 0 Å². The number of para-hydroxylation sites is 2. The molecule has 4 nitrogen and oxygen atoms in total. The molecular weight excluding hydrogens is 311 g/mol. The fourth-order valence-corrected chi connectivity index (χ4v) is 1.63. The number of nitrogens with zero attached hydrogens (tertiary/aromatic N) is 2. The molecule has 0 spiro atoms. The van der Waals surface area contributed by atoms with E-state index in [4.69, 9.17) is 0 Å². The first-order chi connectivity index (χ1) is 9.77. The van der Waals surface area contributed by atoms with Crippen molar-refractivity contribution in [1.82, 2.24) is 0 Å². The summed E-state index contributed by atoms with van der Waals surface area (Å²) in [4.78, 5) is 8.39. The Morgan fingerprint density at radius 2 is 1.10 bits per heavy atom. The number of phenols is 2. The van der Waals surface area contributed by atoms with Crippen LogP contribution in [0.1, 0.15) is 11.1 Å². The van der Waals surface area contributed by atoms with Gasteiger partial charge in [0.15, 0.2) is 0 Å². The molecule has 0 amide bonds. The van der Waals surface area contributed by atoms with Gasteiger partial charge in [-0.3, -0.25) is 9.98 Å². The van der Waals surface area contributed by atoms with Crippen molar-refractivity contribution in [1.29, 1.82) is 0 Å². The molecule has 0 aromatic heterocycles. The molecule has 2 N–H and O–H groups in total. The van der Waals surface area contributed by atoms with Gasteiger partial charge < -0.3 is 10.2 Å². The van der Waals surface area contributed by atoms with Crippen LogP contribution in [0.2, 0.25) is 0 Å². The van der Waals surface area contributed by atoms with E-state index in [1.165, 1.54) is 0 Å². The topological polar surface area (TPSA) is 65.2 Å². The summed E-state index contributed by atoms with van der Waals surface area (Å²) in [6.07, 6.45) is 3.26. The van der Waals surface area contributed by atoms with Crippen molar-refractivity contribution in [2.24, 2.45) is 9.98 Å². The van der Waals surface area contributed by atoms with Gasteiger partial charge in [0.25, 0.3) is 0 Å². The molecule has 0 bridgehead atoms. The first-order valence-electron chi connectivity index (χ1n) is 6.33. The van der Waals surface area contributed by atoms with Crippen molar-refractivity contribution in [3.8, 4) is 11.5 Å². The standard InChI is InChI=1S/C16H16N2O2.Co/c19-15-7-3-1-5-13(15)11-17-9-10-18-12-14-6-2-4-8-16(14)20;/h1-8,11-12,19-20H,9-10H2;. The third-order valence-corrected chi connectivity index (χ3v) is 2.69. The summed E-state index contributed by atoms with van der Waals surface area (Å²) in [6.45, 7) is 1.05. The molecule has 2 aromatic rings. The van der Waals surface area contributed by atoms with Gasteiger partial charge in [-0.2, -0.15) is 0 Å². The van der Waals surface area contributed by atoms with Crippen LogP contribution < -0.4 is 0 Å². The minimum Gasteiger partial charge on any atom is -0.507 e. The van der Waals surface area contributed by atoms with E-state index in [1.807, 2.05) is 12.1 Å². The van der Waals surface area contributed by atoms with Gasteiger partial charge in [0, 0.05) is 40.3 Å². The van der Waals surface area contributed by atoms with E-state index < -0.39 is 0 Å². The molecule has 0 aliphatic heterocycles. The van der Waals surface area contributed by atoms with Crippen molar-refractivity contribution in [3.63, 3.8) is 0 Å². The molecular formula is C16H16CoN2O2. The van der Waals surface area contributed by atoms with E-state index in [2.05, 4.69) is 9.98 Å². The van der Waals surface area contributed by atoms with Gasteiger partial charge in [0.1, 0.15) is 11.5 Å². The maximum absolute atomic E-state index is 9.54. The van der Waals surface area contributed by atoms with Crippen LogP contribution in [0, 0.1) is 0 Å². The van der Waals surface area contributed by atoms with E-state index in [9.17, 15) is 10.2 Å². The normalized spacial score (nSPS) is 10.9. The van der Waals surface area contributed by atoms with Crippen molar-refractivity contribution in [3.05, 3.63) is 59.7 Å². The average molecular weight is 327 g/mol. The number of benzene rings is 2. The van der Waals surface area contributed by atoms with E-state index in [1.54, 1.807) is 48.8 Å². The summed E-state index contributed by atoms with van der Waals surface area (Å²) in [7, 11) is 0. The number of rotatable bonds is 5. The summed E-state index contributed by atoms with van der Waals surface area (Å²) in [5.41, 5.74) is 1.38. The Morgan fingerprint density at radius 1 is 0.714 bits per heavy atom. The van der Waals surface area contributed by atoms with Crippen molar-refractivity contribution in [2.75, 3.05) is 13.1 Å². The molecule has 0 atom stereocenters. The quantitative estimate of drug-likeness (QED) is 0.655. The molecule has 0 aliphatic carbocycles. The number of aliphatic imine (C=N–C) groups is 2. The number of hydrogen-bond acceptors (Lipinski definition) is 4. The summed E-state index contributed by atoms with van der Waals surface area (Å²) in [6, 6.07) is 14.1. The van der Waals surface area contributed by atoms with E-state index >= 15 is 0 Å². The summed E-state index contributed by atoms with van der Waals surface area (Å²) < 4.78 is 0. The molecule has 0 fully saturated rings. The SMILES string of the molecule is Oc1ccccc1C=NCCN=Cc1ccccc1O.[Co]. The smallest absolute Gasteiger partial charge is 0.124 e. The van der Waals surface area contributed by atoms with Crippen molar-refractivity contribution >= 4 is 12.4 Å². The molecule has 0 saturated heterocycles. The Morgan fingerprint density at radius 3 is 1.48 bits per heavy atom. The van der Waals surface area contributed by atoms with Crippen LogP contribution in [0.25, 0.3) is 0 Å². The monoisotopic (exact) mass is 327 g/mol. The summed E-state index contributed by atoms with van der Waals surface area (Å²) >= 11 is 0. The van der Waals surface area contributed by atoms with Gasteiger partial charge in [-0.05, 0) is 24.3 Å². The first-order valence-corrected chi connectivity index (χ1v) is 6.33. The zero-order valence-corrected chi connectivity index (χ0v) is 12.4. The Kier molecular flexibility index (Phi) is 7.21. The molecule has 2 rings (SSSR count). The van der Waals surface area contributed by atoms with Gasteiger partial charge in [0.2, 0.25) is 0 Å². The molecule has 0 saturated carbocycles. The second-order valence-corrected chi connectivity index (χ2v) is 4.19. The Bertz CT molecular complexity index is 572. The zero-order valence-electron chi connectivity index (χ0n) is 11.3. The van der Waals surface area contributed by atoms with Gasteiger partial charge in [-0.1, -0.05) is 24.3 Å². The van der Waals surface area contributed by atoms with Gasteiger partial charge in [-0.25, -0.2) is 0 Å². The first kappa shape index (κ1) is 16.9.